The van der Waals surface area contributed by atoms with Gasteiger partial charge < -0.3 is 19.2 Å². The minimum Gasteiger partial charge on any atom is -0.465 e. The van der Waals surface area contributed by atoms with Crippen LogP contribution in [0, 0.1) is 0 Å². The number of esters is 1. The predicted molar refractivity (Wildman–Crippen MR) is 114 cm³/mol. The number of nitrogens with zero attached hydrogens (tertiary/aromatic N) is 4. The molecule has 9 heteroatoms. The molecule has 2 aromatic heterocycles. The van der Waals surface area contributed by atoms with Crippen LogP contribution in [-0.4, -0.2) is 50.1 Å². The van der Waals surface area contributed by atoms with Crippen LogP contribution in [0.15, 0.2) is 53.8 Å². The number of benzene rings is 1. The monoisotopic (exact) mass is 427 g/mol. The van der Waals surface area contributed by atoms with Crippen LogP contribution >= 0.6 is 11.8 Å². The van der Waals surface area contributed by atoms with Crippen molar-refractivity contribution in [2.45, 2.75) is 25.0 Å². The zero-order valence-electron chi connectivity index (χ0n) is 17.1. The van der Waals surface area contributed by atoms with E-state index in [4.69, 9.17) is 4.74 Å². The first-order valence-electron chi connectivity index (χ1n) is 9.68. The molecule has 158 valence electrons. The maximum absolute atomic E-state index is 12.1. The van der Waals surface area contributed by atoms with Gasteiger partial charge in [-0.15, -0.1) is 10.2 Å². The Hall–Kier alpha value is -3.07. The summed E-state index contributed by atoms with van der Waals surface area (Å²) in [7, 11) is 2.00. The predicted octanol–water partition coefficient (Wildman–Crippen LogP) is 2.03. The molecule has 3 rings (SSSR count). The first-order valence-corrected chi connectivity index (χ1v) is 10.7. The van der Waals surface area contributed by atoms with Gasteiger partial charge in [-0.2, -0.15) is 0 Å². The van der Waals surface area contributed by atoms with Crippen molar-refractivity contribution >= 4 is 23.6 Å². The van der Waals surface area contributed by atoms with E-state index in [-0.39, 0.29) is 24.8 Å². The highest BCUT2D eigenvalue weighted by atomic mass is 32.2. The largest absolute Gasteiger partial charge is 0.465 e. The van der Waals surface area contributed by atoms with Gasteiger partial charge >= 0.3 is 5.97 Å². The van der Waals surface area contributed by atoms with Crippen LogP contribution in [0.25, 0.3) is 0 Å². The molecule has 0 spiro atoms. The smallest absolute Gasteiger partial charge is 0.325 e. The lowest BCUT2D eigenvalue weighted by atomic mass is 10.2. The van der Waals surface area contributed by atoms with Crippen LogP contribution in [0.4, 0.5) is 0 Å². The number of hydrogen-bond acceptors (Lipinski definition) is 6. The van der Waals surface area contributed by atoms with Gasteiger partial charge in [0, 0.05) is 25.4 Å². The molecule has 3 aromatic rings. The van der Waals surface area contributed by atoms with Gasteiger partial charge in [0.2, 0.25) is 5.91 Å². The average molecular weight is 428 g/mol. The summed E-state index contributed by atoms with van der Waals surface area (Å²) in [5.74, 6) is 0.255. The Morgan fingerprint density at radius 1 is 1.13 bits per heavy atom. The van der Waals surface area contributed by atoms with Crippen LogP contribution in [0.5, 0.6) is 0 Å². The summed E-state index contributed by atoms with van der Waals surface area (Å²) in [6.07, 6.45) is 2.63. The molecule has 0 unspecified atom stereocenters. The third-order valence-corrected chi connectivity index (χ3v) is 5.40. The van der Waals surface area contributed by atoms with E-state index in [1.54, 1.807) is 6.92 Å². The second-order valence-corrected chi connectivity index (χ2v) is 7.57. The number of amides is 1. The van der Waals surface area contributed by atoms with Gasteiger partial charge in [-0.1, -0.05) is 42.1 Å². The van der Waals surface area contributed by atoms with E-state index in [9.17, 15) is 9.59 Å². The molecule has 0 aliphatic heterocycles. The second kappa shape index (κ2) is 10.6. The van der Waals surface area contributed by atoms with Gasteiger partial charge in [0.1, 0.15) is 12.4 Å². The van der Waals surface area contributed by atoms with Crippen molar-refractivity contribution in [1.29, 1.82) is 0 Å². The van der Waals surface area contributed by atoms with Crippen molar-refractivity contribution in [3.05, 3.63) is 65.7 Å². The Bertz CT molecular complexity index is 984. The van der Waals surface area contributed by atoms with E-state index in [1.165, 1.54) is 11.8 Å². The molecule has 0 bridgehead atoms. The molecule has 0 fully saturated rings. The molecule has 1 N–H and O–H groups in total. The van der Waals surface area contributed by atoms with Crippen molar-refractivity contribution in [3.63, 3.8) is 0 Å². The quantitative estimate of drug-likeness (QED) is 0.393. The van der Waals surface area contributed by atoms with Gasteiger partial charge in [-0.3, -0.25) is 9.59 Å². The van der Waals surface area contributed by atoms with Crippen LogP contribution in [-0.2, 0) is 34.3 Å². The molecule has 1 amide bonds. The normalized spacial score (nSPS) is 10.7. The molecule has 0 radical (unpaired) electrons. The molecule has 2 heterocycles. The molecule has 0 aliphatic rings. The second-order valence-electron chi connectivity index (χ2n) is 6.63. The van der Waals surface area contributed by atoms with Gasteiger partial charge in [-0.25, -0.2) is 0 Å². The Kier molecular flexibility index (Phi) is 7.67. The van der Waals surface area contributed by atoms with Gasteiger partial charge in [-0.05, 0) is 24.6 Å². The molecule has 0 atom stereocenters. The number of aryl methyl sites for hydroxylation is 1. The van der Waals surface area contributed by atoms with Crippen LogP contribution < -0.4 is 5.32 Å². The lowest BCUT2D eigenvalue weighted by molar-refractivity contribution is -0.143. The summed E-state index contributed by atoms with van der Waals surface area (Å²) in [6.45, 7) is 2.49. The number of thioether (sulfide) groups is 1. The topological polar surface area (TPSA) is 91.0 Å². The Morgan fingerprint density at radius 2 is 1.93 bits per heavy atom. The molecule has 0 saturated heterocycles. The van der Waals surface area contributed by atoms with Crippen molar-refractivity contribution in [2.75, 3.05) is 18.9 Å². The third-order valence-electron chi connectivity index (χ3n) is 4.44. The van der Waals surface area contributed by atoms with Crippen LogP contribution in [0.3, 0.4) is 0 Å². The number of nitrogens with one attached hydrogen (secondary N) is 1. The highest BCUT2D eigenvalue weighted by Gasteiger charge is 2.16. The van der Waals surface area contributed by atoms with Crippen LogP contribution in [0.2, 0.25) is 0 Å². The van der Waals surface area contributed by atoms with E-state index >= 15 is 0 Å². The summed E-state index contributed by atoms with van der Waals surface area (Å²) < 4.78 is 8.90. The minimum absolute atomic E-state index is 0.135. The molecule has 0 saturated carbocycles. The molecule has 30 heavy (non-hydrogen) atoms. The van der Waals surface area contributed by atoms with E-state index in [1.807, 2.05) is 54.2 Å². The molecule has 8 nitrogen and oxygen atoms in total. The number of hydrogen-bond donors (Lipinski definition) is 1. The Labute approximate surface area is 179 Å². The first-order chi connectivity index (χ1) is 14.6. The Morgan fingerprint density at radius 3 is 2.63 bits per heavy atom. The van der Waals surface area contributed by atoms with E-state index < -0.39 is 5.97 Å². The standard InChI is InChI=1S/C21H25N5O3S/c1-3-29-20(28)13-22-19(27)15-30-21-24-23-18(12-17-10-7-11-25(17)2)26(21)14-16-8-5-4-6-9-16/h4-11H,3,12-15H2,1-2H3,(H,22,27). The lowest BCUT2D eigenvalue weighted by Gasteiger charge is -2.11. The minimum atomic E-state index is -0.451. The first kappa shape index (κ1) is 21.6. The third kappa shape index (κ3) is 5.96. The van der Waals surface area contributed by atoms with Crippen molar-refractivity contribution in [3.8, 4) is 0 Å². The van der Waals surface area contributed by atoms with E-state index in [2.05, 4.69) is 26.1 Å². The SMILES string of the molecule is CCOC(=O)CNC(=O)CSc1nnc(Cc2cccn2C)n1Cc1ccccc1. The lowest BCUT2D eigenvalue weighted by Crippen LogP contribution is -2.31. The fraction of sp³-hybridized carbons (Fsp3) is 0.333. The van der Waals surface area contributed by atoms with E-state index in [0.717, 1.165) is 17.1 Å². The number of ether oxygens (including phenoxy) is 1. The maximum Gasteiger partial charge on any atom is 0.325 e. The van der Waals surface area contributed by atoms with Gasteiger partial charge in [0.05, 0.1) is 18.9 Å². The highest BCUT2D eigenvalue weighted by molar-refractivity contribution is 7.99. The average Bonchev–Trinajstić information content (AvgIpc) is 3.32. The number of rotatable bonds is 10. The number of carbonyl (C=O) groups excluding carboxylic acids is 2. The van der Waals surface area contributed by atoms with Crippen LogP contribution in [0.1, 0.15) is 24.0 Å². The summed E-state index contributed by atoms with van der Waals surface area (Å²) >= 11 is 1.30. The molecule has 0 aliphatic carbocycles. The highest BCUT2D eigenvalue weighted by Crippen LogP contribution is 2.20. The summed E-state index contributed by atoms with van der Waals surface area (Å²) in [5.41, 5.74) is 2.25. The fourth-order valence-electron chi connectivity index (χ4n) is 2.89. The number of carbonyl (C=O) groups is 2. The summed E-state index contributed by atoms with van der Waals surface area (Å²) in [4.78, 5) is 23.5. The Balaban J connectivity index is 1.70. The summed E-state index contributed by atoms with van der Waals surface area (Å²) in [6, 6.07) is 14.1. The number of aromatic nitrogens is 4. The van der Waals surface area contributed by atoms with Gasteiger partial charge in [0.25, 0.3) is 0 Å². The van der Waals surface area contributed by atoms with Crippen molar-refractivity contribution in [2.24, 2.45) is 7.05 Å². The van der Waals surface area contributed by atoms with Gasteiger partial charge in [0.15, 0.2) is 5.16 Å². The van der Waals surface area contributed by atoms with Crippen molar-refractivity contribution in [1.82, 2.24) is 24.6 Å². The zero-order valence-corrected chi connectivity index (χ0v) is 17.9. The maximum atomic E-state index is 12.1. The molecular formula is C21H25N5O3S. The van der Waals surface area contributed by atoms with E-state index in [0.29, 0.717) is 18.1 Å². The molecule has 1 aromatic carbocycles. The summed E-state index contributed by atoms with van der Waals surface area (Å²) in [5, 5.41) is 11.9. The molecular weight excluding hydrogens is 402 g/mol. The zero-order chi connectivity index (χ0) is 21.3. The van der Waals surface area contributed by atoms with Crippen molar-refractivity contribution < 1.29 is 14.3 Å². The fourth-order valence-corrected chi connectivity index (χ4v) is 3.67.